The van der Waals surface area contributed by atoms with Crippen molar-refractivity contribution in [3.05, 3.63) is 35.8 Å². The van der Waals surface area contributed by atoms with Gasteiger partial charge in [0.1, 0.15) is 5.65 Å². The SMILES string of the molecule is CN=C(NCc1cn2c(C)cccc2n1)N1CC2CCCCC2C1.I. The van der Waals surface area contributed by atoms with Gasteiger partial charge in [0.25, 0.3) is 0 Å². The lowest BCUT2D eigenvalue weighted by molar-refractivity contribution is 0.299. The summed E-state index contributed by atoms with van der Waals surface area (Å²) in [6.45, 7) is 5.15. The van der Waals surface area contributed by atoms with E-state index in [1.807, 2.05) is 7.05 Å². The van der Waals surface area contributed by atoms with Crippen LogP contribution in [-0.2, 0) is 6.54 Å². The number of halogens is 1. The number of hydrogen-bond acceptors (Lipinski definition) is 2. The molecule has 1 saturated carbocycles. The quantitative estimate of drug-likeness (QED) is 0.431. The van der Waals surface area contributed by atoms with Gasteiger partial charge in [-0.3, -0.25) is 4.99 Å². The largest absolute Gasteiger partial charge is 0.351 e. The molecule has 1 saturated heterocycles. The molecule has 5 nitrogen and oxygen atoms in total. The minimum absolute atomic E-state index is 0. The summed E-state index contributed by atoms with van der Waals surface area (Å²) >= 11 is 0. The molecule has 1 aliphatic heterocycles. The Bertz CT molecular complexity index is 739. The normalized spacial score (nSPS) is 23.4. The van der Waals surface area contributed by atoms with Crippen molar-refractivity contribution in [3.63, 3.8) is 0 Å². The zero-order chi connectivity index (χ0) is 16.5. The van der Waals surface area contributed by atoms with E-state index in [1.54, 1.807) is 0 Å². The van der Waals surface area contributed by atoms with Gasteiger partial charge in [-0.25, -0.2) is 4.98 Å². The third-order valence-corrected chi connectivity index (χ3v) is 5.66. The first-order chi connectivity index (χ1) is 11.7. The predicted molar refractivity (Wildman–Crippen MR) is 113 cm³/mol. The Morgan fingerprint density at radius 1 is 1.24 bits per heavy atom. The summed E-state index contributed by atoms with van der Waals surface area (Å²) in [4.78, 5) is 11.7. The van der Waals surface area contributed by atoms with Crippen molar-refractivity contribution in [1.82, 2.24) is 19.6 Å². The molecule has 0 amide bonds. The van der Waals surface area contributed by atoms with Gasteiger partial charge in [-0.05, 0) is 43.7 Å². The molecule has 3 heterocycles. The highest BCUT2D eigenvalue weighted by Gasteiger charge is 2.35. The second kappa shape index (κ2) is 7.93. The van der Waals surface area contributed by atoms with E-state index in [2.05, 4.69) is 50.9 Å². The predicted octanol–water partition coefficient (Wildman–Crippen LogP) is 3.46. The van der Waals surface area contributed by atoms with Crippen LogP contribution in [0.5, 0.6) is 0 Å². The van der Waals surface area contributed by atoms with Crippen molar-refractivity contribution < 1.29 is 0 Å². The molecule has 0 spiro atoms. The molecule has 4 rings (SSSR count). The van der Waals surface area contributed by atoms with Gasteiger partial charge < -0.3 is 14.6 Å². The number of pyridine rings is 1. The Morgan fingerprint density at radius 2 is 1.96 bits per heavy atom. The smallest absolute Gasteiger partial charge is 0.193 e. The van der Waals surface area contributed by atoms with Crippen LogP contribution < -0.4 is 5.32 Å². The molecular weight excluding hydrogens is 425 g/mol. The second-order valence-electron chi connectivity index (χ2n) is 7.24. The number of likely N-dealkylation sites (tertiary alicyclic amines) is 1. The van der Waals surface area contributed by atoms with Crippen LogP contribution in [0.2, 0.25) is 0 Å². The average Bonchev–Trinajstić information content (AvgIpc) is 3.20. The Hall–Kier alpha value is -1.31. The third kappa shape index (κ3) is 3.78. The van der Waals surface area contributed by atoms with Crippen molar-refractivity contribution in [1.29, 1.82) is 0 Å². The first kappa shape index (κ1) is 18.5. The zero-order valence-electron chi connectivity index (χ0n) is 15.1. The molecular formula is C19H28IN5. The monoisotopic (exact) mass is 453 g/mol. The van der Waals surface area contributed by atoms with Gasteiger partial charge in [0.05, 0.1) is 12.2 Å². The molecule has 1 aliphatic carbocycles. The summed E-state index contributed by atoms with van der Waals surface area (Å²) < 4.78 is 2.14. The molecule has 1 N–H and O–H groups in total. The van der Waals surface area contributed by atoms with E-state index in [4.69, 9.17) is 4.98 Å². The Kier molecular flexibility index (Phi) is 5.86. The number of aliphatic imine (C=N–C) groups is 1. The molecule has 2 aromatic rings. The van der Waals surface area contributed by atoms with Crippen LogP contribution in [0.4, 0.5) is 0 Å². The van der Waals surface area contributed by atoms with Gasteiger partial charge in [-0.15, -0.1) is 24.0 Å². The number of nitrogens with one attached hydrogen (secondary N) is 1. The summed E-state index contributed by atoms with van der Waals surface area (Å²) in [7, 11) is 1.89. The van der Waals surface area contributed by atoms with Crippen LogP contribution in [0.25, 0.3) is 5.65 Å². The number of guanidine groups is 1. The van der Waals surface area contributed by atoms with Gasteiger partial charge in [0.15, 0.2) is 5.96 Å². The van der Waals surface area contributed by atoms with Crippen molar-refractivity contribution in [2.45, 2.75) is 39.2 Å². The molecule has 2 aliphatic rings. The Morgan fingerprint density at radius 3 is 2.60 bits per heavy atom. The number of rotatable bonds is 2. The van der Waals surface area contributed by atoms with Crippen molar-refractivity contribution in [3.8, 4) is 0 Å². The first-order valence-corrected chi connectivity index (χ1v) is 9.14. The lowest BCUT2D eigenvalue weighted by Gasteiger charge is -2.22. The van der Waals surface area contributed by atoms with E-state index >= 15 is 0 Å². The number of fused-ring (bicyclic) bond motifs is 2. The van der Waals surface area contributed by atoms with E-state index in [9.17, 15) is 0 Å². The number of aromatic nitrogens is 2. The molecule has 2 aromatic heterocycles. The molecule has 25 heavy (non-hydrogen) atoms. The van der Waals surface area contributed by atoms with Crippen LogP contribution in [-0.4, -0.2) is 40.4 Å². The fraction of sp³-hybridized carbons (Fsp3) is 0.579. The number of aryl methyl sites for hydroxylation is 1. The minimum atomic E-state index is 0. The highest BCUT2D eigenvalue weighted by Crippen LogP contribution is 2.35. The van der Waals surface area contributed by atoms with Crippen molar-refractivity contribution in [2.24, 2.45) is 16.8 Å². The average molecular weight is 453 g/mol. The van der Waals surface area contributed by atoms with Gasteiger partial charge in [0, 0.05) is 32.0 Å². The zero-order valence-corrected chi connectivity index (χ0v) is 17.4. The van der Waals surface area contributed by atoms with E-state index in [1.165, 1.54) is 31.4 Å². The Balaban J connectivity index is 0.00000182. The summed E-state index contributed by atoms with van der Waals surface area (Å²) in [5.74, 6) is 2.77. The fourth-order valence-corrected chi connectivity index (χ4v) is 4.36. The van der Waals surface area contributed by atoms with Crippen molar-refractivity contribution >= 4 is 35.6 Å². The van der Waals surface area contributed by atoms with Gasteiger partial charge >= 0.3 is 0 Å². The molecule has 2 fully saturated rings. The Labute approximate surface area is 166 Å². The molecule has 6 heteroatoms. The minimum Gasteiger partial charge on any atom is -0.351 e. The van der Waals surface area contributed by atoms with Crippen LogP contribution >= 0.6 is 24.0 Å². The summed E-state index contributed by atoms with van der Waals surface area (Å²) in [5, 5.41) is 3.52. The third-order valence-electron chi connectivity index (χ3n) is 5.66. The van der Waals surface area contributed by atoms with Crippen LogP contribution in [0.15, 0.2) is 29.4 Å². The first-order valence-electron chi connectivity index (χ1n) is 9.14. The summed E-state index contributed by atoms with van der Waals surface area (Å²) in [6.07, 6.45) is 7.71. The van der Waals surface area contributed by atoms with E-state index in [0.717, 1.165) is 48.8 Å². The van der Waals surface area contributed by atoms with Gasteiger partial charge in [-0.1, -0.05) is 18.9 Å². The molecule has 136 valence electrons. The summed E-state index contributed by atoms with van der Waals surface area (Å²) in [6, 6.07) is 6.22. The number of nitrogens with zero attached hydrogens (tertiary/aromatic N) is 4. The molecule has 0 aromatic carbocycles. The van der Waals surface area contributed by atoms with E-state index in [0.29, 0.717) is 0 Å². The van der Waals surface area contributed by atoms with Crippen LogP contribution in [0, 0.1) is 18.8 Å². The highest BCUT2D eigenvalue weighted by atomic mass is 127. The second-order valence-corrected chi connectivity index (χ2v) is 7.24. The van der Waals surface area contributed by atoms with Gasteiger partial charge in [-0.2, -0.15) is 0 Å². The highest BCUT2D eigenvalue weighted by molar-refractivity contribution is 14.0. The maximum atomic E-state index is 4.71. The number of hydrogen-bond donors (Lipinski definition) is 1. The van der Waals surface area contributed by atoms with Crippen molar-refractivity contribution in [2.75, 3.05) is 20.1 Å². The standard InChI is InChI=1S/C19H27N5.HI/c1-14-6-5-9-18-22-17(13-24(14)18)10-21-19(20-2)23-11-15-7-3-4-8-16(15)12-23;/h5-6,9,13,15-16H,3-4,7-8,10-12H2,1-2H3,(H,20,21);1H. The van der Waals surface area contributed by atoms with Gasteiger partial charge in [0.2, 0.25) is 0 Å². The lowest BCUT2D eigenvalue weighted by atomic mass is 9.82. The summed E-state index contributed by atoms with van der Waals surface area (Å²) in [5.41, 5.74) is 3.27. The molecule has 2 atom stereocenters. The molecule has 2 unspecified atom stereocenters. The molecule has 0 radical (unpaired) electrons. The van der Waals surface area contributed by atoms with E-state index in [-0.39, 0.29) is 24.0 Å². The maximum Gasteiger partial charge on any atom is 0.193 e. The topological polar surface area (TPSA) is 44.9 Å². The lowest BCUT2D eigenvalue weighted by Crippen LogP contribution is -2.39. The van der Waals surface area contributed by atoms with Crippen LogP contribution in [0.3, 0.4) is 0 Å². The molecule has 0 bridgehead atoms. The number of imidazole rings is 1. The van der Waals surface area contributed by atoms with E-state index < -0.39 is 0 Å². The maximum absolute atomic E-state index is 4.71. The fourth-order valence-electron chi connectivity index (χ4n) is 4.36. The van der Waals surface area contributed by atoms with Crippen LogP contribution in [0.1, 0.15) is 37.1 Å².